The number of hydrogen-bond donors (Lipinski definition) is 2. The van der Waals surface area contributed by atoms with Crippen LogP contribution < -0.4 is 10.1 Å². The molecule has 2 aromatic carbocycles. The van der Waals surface area contributed by atoms with Crippen molar-refractivity contribution >= 4 is 29.3 Å². The molecule has 0 bridgehead atoms. The zero-order chi connectivity index (χ0) is 17.9. The maximum Gasteiger partial charge on any atom is 0.303 e. The first kappa shape index (κ1) is 18.9. The Balaban J connectivity index is 1.67. The van der Waals surface area contributed by atoms with Gasteiger partial charge in [-0.3, -0.25) is 9.59 Å². The van der Waals surface area contributed by atoms with Crippen LogP contribution >= 0.6 is 11.8 Å². The van der Waals surface area contributed by atoms with Gasteiger partial charge in [-0.25, -0.2) is 0 Å². The van der Waals surface area contributed by atoms with Gasteiger partial charge in [-0.05, 0) is 42.8 Å². The van der Waals surface area contributed by atoms with E-state index in [9.17, 15) is 9.59 Å². The minimum atomic E-state index is -0.827. The number of benzene rings is 2. The molecule has 0 aromatic heterocycles. The minimum Gasteiger partial charge on any atom is -0.494 e. The smallest absolute Gasteiger partial charge is 0.303 e. The summed E-state index contributed by atoms with van der Waals surface area (Å²) in [4.78, 5) is 23.5. The Morgan fingerprint density at radius 3 is 2.40 bits per heavy atom. The molecule has 0 heterocycles. The molecule has 5 nitrogen and oxygen atoms in total. The second kappa shape index (κ2) is 10.4. The van der Waals surface area contributed by atoms with Gasteiger partial charge >= 0.3 is 5.97 Å². The maximum absolute atomic E-state index is 12.0. The van der Waals surface area contributed by atoms with E-state index in [1.807, 2.05) is 30.3 Å². The molecule has 0 saturated heterocycles. The fourth-order valence-corrected chi connectivity index (χ4v) is 2.92. The number of amides is 1. The average molecular weight is 359 g/mol. The zero-order valence-corrected chi connectivity index (χ0v) is 14.6. The van der Waals surface area contributed by atoms with Crippen LogP contribution in [0.15, 0.2) is 59.5 Å². The summed E-state index contributed by atoms with van der Waals surface area (Å²) < 4.78 is 5.45. The van der Waals surface area contributed by atoms with E-state index in [0.717, 1.165) is 10.6 Å². The van der Waals surface area contributed by atoms with Crippen molar-refractivity contribution in [3.8, 4) is 5.75 Å². The zero-order valence-electron chi connectivity index (χ0n) is 13.8. The fourth-order valence-electron chi connectivity index (χ4n) is 2.05. The van der Waals surface area contributed by atoms with E-state index in [4.69, 9.17) is 9.84 Å². The first-order chi connectivity index (χ1) is 12.1. The Bertz CT molecular complexity index is 674. The summed E-state index contributed by atoms with van der Waals surface area (Å²) in [6.45, 7) is 0.356. The van der Waals surface area contributed by atoms with Gasteiger partial charge in [-0.1, -0.05) is 18.2 Å². The summed E-state index contributed by atoms with van der Waals surface area (Å²) in [5.41, 5.74) is 0.715. The van der Waals surface area contributed by atoms with Crippen molar-refractivity contribution in [2.24, 2.45) is 0 Å². The lowest BCUT2D eigenvalue weighted by Gasteiger charge is -2.08. The van der Waals surface area contributed by atoms with Gasteiger partial charge in [-0.2, -0.15) is 0 Å². The molecule has 0 spiro atoms. The van der Waals surface area contributed by atoms with Crippen LogP contribution in [0.2, 0.25) is 0 Å². The van der Waals surface area contributed by atoms with Crippen LogP contribution in [0.25, 0.3) is 0 Å². The van der Waals surface area contributed by atoms with Crippen LogP contribution in [-0.2, 0) is 9.59 Å². The Morgan fingerprint density at radius 1 is 1.00 bits per heavy atom. The molecule has 25 heavy (non-hydrogen) atoms. The highest BCUT2D eigenvalue weighted by atomic mass is 32.2. The van der Waals surface area contributed by atoms with Crippen molar-refractivity contribution in [2.45, 2.75) is 24.2 Å². The largest absolute Gasteiger partial charge is 0.494 e. The van der Waals surface area contributed by atoms with Gasteiger partial charge in [0.15, 0.2) is 0 Å². The minimum absolute atomic E-state index is 0.0291. The third kappa shape index (κ3) is 7.76. The lowest BCUT2D eigenvalue weighted by molar-refractivity contribution is -0.137. The van der Waals surface area contributed by atoms with Gasteiger partial charge in [0.05, 0.1) is 6.61 Å². The van der Waals surface area contributed by atoms with Crippen molar-refractivity contribution in [2.75, 3.05) is 17.7 Å². The molecule has 2 aromatic rings. The van der Waals surface area contributed by atoms with E-state index in [0.29, 0.717) is 30.9 Å². The summed E-state index contributed by atoms with van der Waals surface area (Å²) in [6, 6.07) is 17.0. The van der Waals surface area contributed by atoms with Gasteiger partial charge in [0.1, 0.15) is 5.75 Å². The van der Waals surface area contributed by atoms with Crippen molar-refractivity contribution in [3.63, 3.8) is 0 Å². The number of hydrogen-bond acceptors (Lipinski definition) is 4. The number of ether oxygens (including phenoxy) is 1. The Labute approximate surface area is 151 Å². The maximum atomic E-state index is 12.0. The van der Waals surface area contributed by atoms with Gasteiger partial charge in [-0.15, -0.1) is 11.8 Å². The summed E-state index contributed by atoms with van der Waals surface area (Å²) in [5.74, 6) is 0.523. The normalized spacial score (nSPS) is 10.2. The molecule has 0 fully saturated rings. The molecule has 2 N–H and O–H groups in total. The number of carboxylic acid groups (broad SMARTS) is 1. The van der Waals surface area contributed by atoms with Crippen molar-refractivity contribution in [1.29, 1.82) is 0 Å². The molecular formula is C19H21NO4S. The van der Waals surface area contributed by atoms with E-state index >= 15 is 0 Å². The van der Waals surface area contributed by atoms with Gasteiger partial charge in [0.2, 0.25) is 5.91 Å². The van der Waals surface area contributed by atoms with Crippen molar-refractivity contribution < 1.29 is 19.4 Å². The van der Waals surface area contributed by atoms with E-state index in [2.05, 4.69) is 5.32 Å². The highest BCUT2D eigenvalue weighted by molar-refractivity contribution is 7.99. The second-order valence-corrected chi connectivity index (χ2v) is 6.50. The number of carboxylic acids is 1. The number of rotatable bonds is 10. The fraction of sp³-hybridized carbons (Fsp3) is 0.263. The molecular weight excluding hydrogens is 338 g/mol. The van der Waals surface area contributed by atoms with E-state index in [1.165, 1.54) is 0 Å². The van der Waals surface area contributed by atoms with Crippen LogP contribution in [0, 0.1) is 0 Å². The van der Waals surface area contributed by atoms with Gasteiger partial charge in [0.25, 0.3) is 0 Å². The quantitative estimate of drug-likeness (QED) is 0.494. The summed E-state index contributed by atoms with van der Waals surface area (Å²) in [6.07, 6.45) is 0.995. The molecule has 0 saturated carbocycles. The van der Waals surface area contributed by atoms with E-state index in [1.54, 1.807) is 36.0 Å². The van der Waals surface area contributed by atoms with Crippen LogP contribution in [0.3, 0.4) is 0 Å². The number of thioether (sulfide) groups is 1. The lowest BCUT2D eigenvalue weighted by atomic mass is 10.3. The molecule has 0 aliphatic heterocycles. The van der Waals surface area contributed by atoms with Crippen LogP contribution in [-0.4, -0.2) is 29.3 Å². The van der Waals surface area contributed by atoms with Crippen LogP contribution in [0.4, 0.5) is 5.69 Å². The van der Waals surface area contributed by atoms with Crippen molar-refractivity contribution in [3.05, 3.63) is 54.6 Å². The molecule has 0 aliphatic carbocycles. The SMILES string of the molecule is O=C(O)CCCOc1ccc(NC(=O)CCSc2ccccc2)cc1. The van der Waals surface area contributed by atoms with Crippen LogP contribution in [0.5, 0.6) is 5.75 Å². The molecule has 1 amide bonds. The summed E-state index contributed by atoms with van der Waals surface area (Å²) >= 11 is 1.65. The molecule has 6 heteroatoms. The van der Waals surface area contributed by atoms with Gasteiger partial charge < -0.3 is 15.2 Å². The van der Waals surface area contributed by atoms with E-state index in [-0.39, 0.29) is 12.3 Å². The standard InChI is InChI=1S/C19H21NO4S/c21-18(12-14-25-17-5-2-1-3-6-17)20-15-8-10-16(11-9-15)24-13-4-7-19(22)23/h1-3,5-6,8-11H,4,7,12-14H2,(H,20,21)(H,22,23). The van der Waals surface area contributed by atoms with Gasteiger partial charge in [0, 0.05) is 29.2 Å². The van der Waals surface area contributed by atoms with E-state index < -0.39 is 5.97 Å². The third-order valence-corrected chi connectivity index (χ3v) is 4.30. The third-order valence-electron chi connectivity index (χ3n) is 3.28. The molecule has 0 aliphatic rings. The molecule has 2 rings (SSSR count). The Kier molecular flexibility index (Phi) is 7.85. The first-order valence-electron chi connectivity index (χ1n) is 8.06. The topological polar surface area (TPSA) is 75.6 Å². The lowest BCUT2D eigenvalue weighted by Crippen LogP contribution is -2.12. The summed E-state index contributed by atoms with van der Waals surface area (Å²) in [7, 11) is 0. The second-order valence-electron chi connectivity index (χ2n) is 5.33. The predicted molar refractivity (Wildman–Crippen MR) is 99.2 cm³/mol. The monoisotopic (exact) mass is 359 g/mol. The number of anilines is 1. The highest BCUT2D eigenvalue weighted by Crippen LogP contribution is 2.19. The average Bonchev–Trinajstić information content (AvgIpc) is 2.61. The highest BCUT2D eigenvalue weighted by Gasteiger charge is 2.04. The number of carbonyl (C=O) groups is 2. The Morgan fingerprint density at radius 2 is 1.72 bits per heavy atom. The molecule has 0 unspecified atom stereocenters. The van der Waals surface area contributed by atoms with Crippen molar-refractivity contribution in [1.82, 2.24) is 0 Å². The first-order valence-corrected chi connectivity index (χ1v) is 9.04. The molecule has 132 valence electrons. The number of carbonyl (C=O) groups excluding carboxylic acids is 1. The summed E-state index contributed by atoms with van der Waals surface area (Å²) in [5, 5.41) is 11.4. The number of nitrogens with one attached hydrogen (secondary N) is 1. The van der Waals surface area contributed by atoms with Crippen LogP contribution in [0.1, 0.15) is 19.3 Å². The predicted octanol–water partition coefficient (Wildman–Crippen LogP) is 4.05. The number of aliphatic carboxylic acids is 1. The molecule has 0 radical (unpaired) electrons. The Hall–Kier alpha value is -2.47. The molecule has 0 atom stereocenters.